The van der Waals surface area contributed by atoms with E-state index in [1.54, 1.807) is 0 Å². The lowest BCUT2D eigenvalue weighted by Gasteiger charge is -2.32. The molecule has 1 N–H and O–H groups in total. The Balaban J connectivity index is 3.17. The first-order chi connectivity index (χ1) is 11.1. The van der Waals surface area contributed by atoms with Crippen LogP contribution in [0.3, 0.4) is 0 Å². The maximum atomic E-state index is 13.1. The number of alkyl halides is 3. The van der Waals surface area contributed by atoms with E-state index in [0.717, 1.165) is 19.2 Å². The van der Waals surface area contributed by atoms with Gasteiger partial charge < -0.3 is 10.1 Å². The zero-order valence-corrected chi connectivity index (χ0v) is 14.2. The molecule has 0 heterocycles. The van der Waals surface area contributed by atoms with Gasteiger partial charge in [-0.15, -0.1) is 0 Å². The molecule has 0 radical (unpaired) electrons. The molecule has 0 spiro atoms. The molecular formula is C17H22F3NO3. The van der Waals surface area contributed by atoms with Crippen LogP contribution in [0.2, 0.25) is 0 Å². The van der Waals surface area contributed by atoms with Crippen molar-refractivity contribution in [2.45, 2.75) is 51.7 Å². The SMILES string of the molecule is CCC(CC)(CC(=O)c1ccc(OC)c(C(F)(F)F)c1)NC(C)=O. The number of rotatable bonds is 7. The summed E-state index contributed by atoms with van der Waals surface area (Å²) in [7, 11) is 1.14. The zero-order valence-electron chi connectivity index (χ0n) is 14.2. The number of nitrogens with one attached hydrogen (secondary N) is 1. The number of ketones is 1. The van der Waals surface area contributed by atoms with E-state index in [0.29, 0.717) is 12.8 Å². The highest BCUT2D eigenvalue weighted by atomic mass is 19.4. The van der Waals surface area contributed by atoms with Crippen molar-refractivity contribution < 1.29 is 27.5 Å². The second kappa shape index (κ2) is 7.68. The monoisotopic (exact) mass is 345 g/mol. The van der Waals surface area contributed by atoms with Gasteiger partial charge in [0.2, 0.25) is 5.91 Å². The van der Waals surface area contributed by atoms with Crippen molar-refractivity contribution in [2.24, 2.45) is 0 Å². The Kier molecular flexibility index (Phi) is 6.40. The van der Waals surface area contributed by atoms with Crippen LogP contribution in [0.5, 0.6) is 5.75 Å². The number of amides is 1. The molecule has 0 unspecified atom stereocenters. The van der Waals surface area contributed by atoms with E-state index in [2.05, 4.69) is 5.32 Å². The molecule has 1 rings (SSSR count). The minimum Gasteiger partial charge on any atom is -0.496 e. The van der Waals surface area contributed by atoms with Crippen LogP contribution in [0.4, 0.5) is 13.2 Å². The number of benzene rings is 1. The Morgan fingerprint density at radius 3 is 2.17 bits per heavy atom. The van der Waals surface area contributed by atoms with E-state index in [9.17, 15) is 22.8 Å². The molecule has 0 aromatic heterocycles. The maximum absolute atomic E-state index is 13.1. The largest absolute Gasteiger partial charge is 0.496 e. The molecule has 0 aliphatic rings. The van der Waals surface area contributed by atoms with Crippen molar-refractivity contribution in [3.63, 3.8) is 0 Å². The standard InChI is InChI=1S/C17H22F3NO3/c1-5-16(6-2,21-11(3)22)10-14(23)12-7-8-15(24-4)13(9-12)17(18,19)20/h7-9H,5-6,10H2,1-4H3,(H,21,22). The number of methoxy groups -OCH3 is 1. The van der Waals surface area contributed by atoms with Crippen LogP contribution in [-0.2, 0) is 11.0 Å². The number of carbonyl (C=O) groups is 2. The van der Waals surface area contributed by atoms with E-state index in [1.165, 1.54) is 13.0 Å². The third-order valence-corrected chi connectivity index (χ3v) is 4.12. The first kappa shape index (κ1) is 20.0. The van der Waals surface area contributed by atoms with Gasteiger partial charge in [0.05, 0.1) is 12.7 Å². The van der Waals surface area contributed by atoms with Gasteiger partial charge >= 0.3 is 6.18 Å². The van der Waals surface area contributed by atoms with E-state index < -0.39 is 23.1 Å². The minimum atomic E-state index is -4.62. The van der Waals surface area contributed by atoms with E-state index in [1.807, 2.05) is 13.8 Å². The van der Waals surface area contributed by atoms with Crippen molar-refractivity contribution in [3.05, 3.63) is 29.3 Å². The minimum absolute atomic E-state index is 0.0558. The molecule has 0 bridgehead atoms. The van der Waals surface area contributed by atoms with Gasteiger partial charge in [0.15, 0.2) is 5.78 Å². The van der Waals surface area contributed by atoms with Crippen molar-refractivity contribution in [3.8, 4) is 5.75 Å². The predicted molar refractivity (Wildman–Crippen MR) is 84.1 cm³/mol. The molecule has 7 heteroatoms. The Labute approximate surface area is 139 Å². The molecule has 1 amide bonds. The van der Waals surface area contributed by atoms with Gasteiger partial charge in [-0.3, -0.25) is 9.59 Å². The summed E-state index contributed by atoms with van der Waals surface area (Å²) in [5, 5.41) is 2.75. The fourth-order valence-electron chi connectivity index (χ4n) is 2.61. The molecular weight excluding hydrogens is 323 g/mol. The normalized spacial score (nSPS) is 12.0. The molecule has 0 fully saturated rings. The van der Waals surface area contributed by atoms with Gasteiger partial charge in [-0.05, 0) is 31.0 Å². The predicted octanol–water partition coefficient (Wildman–Crippen LogP) is 3.98. The fourth-order valence-corrected chi connectivity index (χ4v) is 2.61. The second-order valence-corrected chi connectivity index (χ2v) is 5.68. The molecule has 1 aromatic carbocycles. The topological polar surface area (TPSA) is 55.4 Å². The lowest BCUT2D eigenvalue weighted by atomic mass is 9.85. The van der Waals surface area contributed by atoms with Crippen LogP contribution < -0.4 is 10.1 Å². The van der Waals surface area contributed by atoms with Crippen molar-refractivity contribution in [2.75, 3.05) is 7.11 Å². The average molecular weight is 345 g/mol. The van der Waals surface area contributed by atoms with Gasteiger partial charge in [0.1, 0.15) is 5.75 Å². The van der Waals surface area contributed by atoms with Crippen molar-refractivity contribution in [1.29, 1.82) is 0 Å². The number of carbonyl (C=O) groups excluding carboxylic acids is 2. The van der Waals surface area contributed by atoms with Gasteiger partial charge in [-0.2, -0.15) is 13.2 Å². The Morgan fingerprint density at radius 2 is 1.75 bits per heavy atom. The van der Waals surface area contributed by atoms with Gasteiger partial charge in [0, 0.05) is 24.4 Å². The summed E-state index contributed by atoms with van der Waals surface area (Å²) in [6.07, 6.45) is -3.69. The molecule has 0 saturated heterocycles. The smallest absolute Gasteiger partial charge is 0.419 e. The van der Waals surface area contributed by atoms with E-state index in [4.69, 9.17) is 4.74 Å². The van der Waals surface area contributed by atoms with Crippen molar-refractivity contribution >= 4 is 11.7 Å². The molecule has 134 valence electrons. The number of hydrogen-bond acceptors (Lipinski definition) is 3. The third kappa shape index (κ3) is 4.72. The number of Topliss-reactive ketones (excluding diaryl/α,β-unsaturated/α-hetero) is 1. The summed E-state index contributed by atoms with van der Waals surface area (Å²) >= 11 is 0. The number of hydrogen-bond donors (Lipinski definition) is 1. The molecule has 4 nitrogen and oxygen atoms in total. The summed E-state index contributed by atoms with van der Waals surface area (Å²) in [4.78, 5) is 23.9. The van der Waals surface area contributed by atoms with Crippen LogP contribution in [0.25, 0.3) is 0 Å². The van der Waals surface area contributed by atoms with E-state index >= 15 is 0 Å². The van der Waals surface area contributed by atoms with Crippen LogP contribution in [0.1, 0.15) is 56.0 Å². The van der Waals surface area contributed by atoms with Crippen LogP contribution in [-0.4, -0.2) is 24.3 Å². The first-order valence-corrected chi connectivity index (χ1v) is 7.65. The summed E-state index contributed by atoms with van der Waals surface area (Å²) in [6.45, 7) is 4.99. The summed E-state index contributed by atoms with van der Waals surface area (Å²) in [5.74, 6) is -1.07. The van der Waals surface area contributed by atoms with Gasteiger partial charge in [-0.1, -0.05) is 13.8 Å². The lowest BCUT2D eigenvalue weighted by Crippen LogP contribution is -2.48. The molecule has 0 saturated carbocycles. The highest BCUT2D eigenvalue weighted by molar-refractivity contribution is 5.97. The fraction of sp³-hybridized carbons (Fsp3) is 0.529. The molecule has 24 heavy (non-hydrogen) atoms. The maximum Gasteiger partial charge on any atom is 0.419 e. The van der Waals surface area contributed by atoms with Crippen LogP contribution in [0, 0.1) is 0 Å². The van der Waals surface area contributed by atoms with Gasteiger partial charge in [0.25, 0.3) is 0 Å². The molecule has 1 aromatic rings. The number of halogens is 3. The lowest BCUT2D eigenvalue weighted by molar-refractivity contribution is -0.138. The van der Waals surface area contributed by atoms with E-state index in [-0.39, 0.29) is 23.6 Å². The Morgan fingerprint density at radius 1 is 1.17 bits per heavy atom. The third-order valence-electron chi connectivity index (χ3n) is 4.12. The average Bonchev–Trinajstić information content (AvgIpc) is 2.52. The molecule has 0 atom stereocenters. The number of ether oxygens (including phenoxy) is 1. The summed E-state index contributed by atoms with van der Waals surface area (Å²) < 4.78 is 43.9. The second-order valence-electron chi connectivity index (χ2n) is 5.68. The molecule has 0 aliphatic heterocycles. The summed E-state index contributed by atoms with van der Waals surface area (Å²) in [5.41, 5.74) is -1.81. The Bertz CT molecular complexity index is 608. The highest BCUT2D eigenvalue weighted by Gasteiger charge is 2.36. The van der Waals surface area contributed by atoms with Crippen LogP contribution >= 0.6 is 0 Å². The summed E-state index contributed by atoms with van der Waals surface area (Å²) in [6, 6.07) is 3.24. The quantitative estimate of drug-likeness (QED) is 0.761. The zero-order chi connectivity index (χ0) is 18.5. The Hall–Kier alpha value is -2.05. The van der Waals surface area contributed by atoms with Gasteiger partial charge in [-0.25, -0.2) is 0 Å². The van der Waals surface area contributed by atoms with Crippen LogP contribution in [0.15, 0.2) is 18.2 Å². The van der Waals surface area contributed by atoms with Crippen molar-refractivity contribution in [1.82, 2.24) is 5.32 Å². The highest BCUT2D eigenvalue weighted by Crippen LogP contribution is 2.37. The first-order valence-electron chi connectivity index (χ1n) is 7.65. The molecule has 0 aliphatic carbocycles.